The van der Waals surface area contributed by atoms with Crippen LogP contribution in [0.5, 0.6) is 5.75 Å². The number of nitrogens with one attached hydrogen (secondary N) is 4. The Morgan fingerprint density at radius 2 is 1.54 bits per heavy atom. The monoisotopic (exact) mass is 832 g/mol. The van der Waals surface area contributed by atoms with Gasteiger partial charge >= 0.3 is 12.2 Å². The summed E-state index contributed by atoms with van der Waals surface area (Å²) >= 11 is 0. The van der Waals surface area contributed by atoms with Gasteiger partial charge in [0.1, 0.15) is 36.1 Å². The fraction of sp³-hybridized carbons (Fsp3) is 0.478. The van der Waals surface area contributed by atoms with E-state index in [1.54, 1.807) is 0 Å². The maximum absolute atomic E-state index is 14.0. The number of methoxy groups -OCH3 is 2. The van der Waals surface area contributed by atoms with Crippen molar-refractivity contribution in [2.45, 2.75) is 98.1 Å². The number of alkyl carbamates (subject to hydrolysis) is 2. The summed E-state index contributed by atoms with van der Waals surface area (Å²) < 4.78 is 16.1. The molecule has 7 atom stereocenters. The minimum Gasteiger partial charge on any atom is -0.488 e. The van der Waals surface area contributed by atoms with E-state index in [0.29, 0.717) is 24.8 Å². The Bertz CT molecular complexity index is 2510. The number of likely N-dealkylation sites (tertiary alicyclic amines) is 2. The van der Waals surface area contributed by atoms with Crippen molar-refractivity contribution in [2.75, 3.05) is 20.8 Å². The zero-order valence-corrected chi connectivity index (χ0v) is 36.3. The molecule has 15 nitrogen and oxygen atoms in total. The standard InChI is InChI=1S/C46H56N8O7/c1-22(2)37(51-45(57)59-8)43(55)53-20-24(5)26(7)40(53)42-47-19-34(49-42)28-11-13-30-29(16-28)21-61-36-18-31-27(17-32(30)36)12-14-33-39(31)50-41(48-33)35-15-10-25(6)54(35)44(56)38(23(3)4)52-46(58)60-9/h11-14,16-19,22-26,35,37-38,40H,10,15,20-21H2,1-9H3,(H,47,49)(H,48,50)(H,51,57)(H,52,58)/t24-,25+,26-,35+,37?,38+,40+/m1/s1. The van der Waals surface area contributed by atoms with E-state index < -0.39 is 24.3 Å². The Labute approximate surface area is 355 Å². The number of aromatic nitrogens is 4. The lowest BCUT2D eigenvalue weighted by molar-refractivity contribution is -0.137. The summed E-state index contributed by atoms with van der Waals surface area (Å²) in [5, 5.41) is 7.43. The van der Waals surface area contributed by atoms with Crippen LogP contribution in [0.25, 0.3) is 44.2 Å². The molecule has 8 rings (SSSR count). The number of amides is 4. The zero-order chi connectivity index (χ0) is 43.4. The Morgan fingerprint density at radius 3 is 2.23 bits per heavy atom. The number of aromatic amines is 2. The maximum atomic E-state index is 14.0. The van der Waals surface area contributed by atoms with Gasteiger partial charge in [0.05, 0.1) is 49.2 Å². The Morgan fingerprint density at radius 1 is 0.836 bits per heavy atom. The average molecular weight is 833 g/mol. The van der Waals surface area contributed by atoms with Crippen LogP contribution in [0, 0.1) is 23.7 Å². The summed E-state index contributed by atoms with van der Waals surface area (Å²) in [6.07, 6.45) is 2.12. The average Bonchev–Trinajstić information content (AvgIpc) is 4.05. The van der Waals surface area contributed by atoms with Crippen molar-refractivity contribution in [1.82, 2.24) is 40.4 Å². The molecule has 4 N–H and O–H groups in total. The smallest absolute Gasteiger partial charge is 0.407 e. The van der Waals surface area contributed by atoms with Crippen molar-refractivity contribution < 1.29 is 33.4 Å². The Hall–Kier alpha value is -6.12. The third-order valence-corrected chi connectivity index (χ3v) is 13.1. The van der Waals surface area contributed by atoms with Gasteiger partial charge in [0, 0.05) is 23.5 Å². The Kier molecular flexibility index (Phi) is 11.2. The van der Waals surface area contributed by atoms with E-state index in [-0.39, 0.29) is 53.6 Å². The second-order valence-corrected chi connectivity index (χ2v) is 17.7. The first kappa shape index (κ1) is 41.6. The molecule has 4 amide bonds. The second kappa shape index (κ2) is 16.4. The van der Waals surface area contributed by atoms with Crippen LogP contribution in [0.1, 0.15) is 90.6 Å². The molecule has 0 bridgehead atoms. The minimum atomic E-state index is -0.727. The molecule has 3 aliphatic heterocycles. The maximum Gasteiger partial charge on any atom is 0.407 e. The summed E-state index contributed by atoms with van der Waals surface area (Å²) in [5.41, 5.74) is 6.57. The highest BCUT2D eigenvalue weighted by Crippen LogP contribution is 2.45. The van der Waals surface area contributed by atoms with Crippen LogP contribution in [-0.4, -0.2) is 92.6 Å². The van der Waals surface area contributed by atoms with Gasteiger partial charge in [-0.1, -0.05) is 59.7 Å². The fourth-order valence-electron chi connectivity index (χ4n) is 9.44. The summed E-state index contributed by atoms with van der Waals surface area (Å²) in [6.45, 7) is 14.9. The van der Waals surface area contributed by atoms with Gasteiger partial charge in [-0.15, -0.1) is 0 Å². The van der Waals surface area contributed by atoms with Crippen molar-refractivity contribution in [1.29, 1.82) is 0 Å². The summed E-state index contributed by atoms with van der Waals surface area (Å²) in [4.78, 5) is 72.9. The number of ether oxygens (including phenoxy) is 3. The zero-order valence-electron chi connectivity index (χ0n) is 36.3. The van der Waals surface area contributed by atoms with Crippen LogP contribution in [0.3, 0.4) is 0 Å². The minimum absolute atomic E-state index is 0.0267. The highest BCUT2D eigenvalue weighted by Gasteiger charge is 2.45. The molecule has 0 aliphatic carbocycles. The topological polar surface area (TPSA) is 184 Å². The number of fused-ring (bicyclic) bond motifs is 6. The molecule has 0 saturated carbocycles. The number of carbonyl (C=O) groups is 4. The highest BCUT2D eigenvalue weighted by molar-refractivity contribution is 6.07. The molecule has 2 aromatic heterocycles. The summed E-state index contributed by atoms with van der Waals surface area (Å²) in [7, 11) is 2.59. The largest absolute Gasteiger partial charge is 0.488 e. The van der Waals surface area contributed by atoms with Crippen LogP contribution in [0.4, 0.5) is 9.59 Å². The molecular formula is C46H56N8O7. The molecule has 3 aliphatic rings. The number of benzene rings is 3. The van der Waals surface area contributed by atoms with E-state index in [2.05, 4.69) is 70.8 Å². The molecular weight excluding hydrogens is 777 g/mol. The molecule has 5 heterocycles. The molecule has 15 heteroatoms. The number of rotatable bonds is 9. The number of carbonyl (C=O) groups excluding carboxylic acids is 4. The quantitative estimate of drug-likeness (QED) is 0.116. The van der Waals surface area contributed by atoms with Crippen molar-refractivity contribution in [3.8, 4) is 28.1 Å². The van der Waals surface area contributed by atoms with Crippen molar-refractivity contribution in [3.05, 3.63) is 65.9 Å². The Balaban J connectivity index is 1.05. The first-order valence-corrected chi connectivity index (χ1v) is 21.3. The highest BCUT2D eigenvalue weighted by atomic mass is 16.5. The lowest BCUT2D eigenvalue weighted by atomic mass is 9.92. The van der Waals surface area contributed by atoms with Gasteiger partial charge in [0.15, 0.2) is 0 Å². The van der Waals surface area contributed by atoms with Gasteiger partial charge in [-0.3, -0.25) is 9.59 Å². The van der Waals surface area contributed by atoms with Gasteiger partial charge < -0.3 is 44.6 Å². The summed E-state index contributed by atoms with van der Waals surface area (Å²) in [5.74, 6) is 1.98. The normalized spacial score (nSPS) is 21.9. The van der Waals surface area contributed by atoms with E-state index in [1.807, 2.05) is 56.7 Å². The van der Waals surface area contributed by atoms with E-state index >= 15 is 0 Å². The van der Waals surface area contributed by atoms with Crippen LogP contribution in [0.15, 0.2) is 48.7 Å². The molecule has 0 spiro atoms. The second-order valence-electron chi connectivity index (χ2n) is 17.7. The van der Waals surface area contributed by atoms with Gasteiger partial charge in [-0.05, 0) is 89.8 Å². The van der Waals surface area contributed by atoms with E-state index in [4.69, 9.17) is 24.2 Å². The SMILES string of the molecule is COC(=O)NC(C(=O)N1C[C@@H](C)[C@@H](C)[C@H]1c1ncc(-c2ccc3c(c2)COc2cc4c(ccc5[nH]c([C@@H]6CC[C@H](C)N6C(=O)[C@@H](NC(=O)OC)C(C)C)nc54)cc2-3)[nH]1)C(C)C. The third-order valence-electron chi connectivity index (χ3n) is 13.1. The molecule has 3 aromatic carbocycles. The van der Waals surface area contributed by atoms with Gasteiger partial charge in [-0.2, -0.15) is 0 Å². The van der Waals surface area contributed by atoms with Gasteiger partial charge in [0.2, 0.25) is 11.8 Å². The molecule has 322 valence electrons. The third kappa shape index (κ3) is 7.52. The lowest BCUT2D eigenvalue weighted by Crippen LogP contribution is -2.52. The van der Waals surface area contributed by atoms with Crippen LogP contribution < -0.4 is 15.4 Å². The van der Waals surface area contributed by atoms with Crippen LogP contribution in [-0.2, 0) is 25.7 Å². The molecule has 5 aromatic rings. The van der Waals surface area contributed by atoms with E-state index in [9.17, 15) is 19.2 Å². The van der Waals surface area contributed by atoms with Crippen molar-refractivity contribution in [2.24, 2.45) is 23.7 Å². The number of imidazole rings is 2. The predicted octanol–water partition coefficient (Wildman–Crippen LogP) is 7.63. The van der Waals surface area contributed by atoms with Gasteiger partial charge in [0.25, 0.3) is 0 Å². The van der Waals surface area contributed by atoms with E-state index in [1.165, 1.54) is 14.2 Å². The number of nitrogens with zero attached hydrogens (tertiary/aromatic N) is 4. The molecule has 2 fully saturated rings. The molecule has 1 unspecified atom stereocenters. The molecule has 61 heavy (non-hydrogen) atoms. The molecule has 0 radical (unpaired) electrons. The molecule has 2 saturated heterocycles. The van der Waals surface area contributed by atoms with Crippen molar-refractivity contribution in [3.63, 3.8) is 0 Å². The summed E-state index contributed by atoms with van der Waals surface area (Å²) in [6, 6.07) is 12.6. The van der Waals surface area contributed by atoms with Crippen molar-refractivity contribution >= 4 is 45.8 Å². The lowest BCUT2D eigenvalue weighted by Gasteiger charge is -2.32. The number of hydrogen-bond donors (Lipinski definition) is 4. The van der Waals surface area contributed by atoms with Crippen LogP contribution >= 0.6 is 0 Å². The number of H-pyrrole nitrogens is 2. The number of hydrogen-bond acceptors (Lipinski definition) is 9. The van der Waals surface area contributed by atoms with Crippen LogP contribution in [0.2, 0.25) is 0 Å². The predicted molar refractivity (Wildman–Crippen MR) is 230 cm³/mol. The fourth-order valence-corrected chi connectivity index (χ4v) is 9.44. The van der Waals surface area contributed by atoms with Gasteiger partial charge in [-0.25, -0.2) is 19.6 Å². The first-order valence-electron chi connectivity index (χ1n) is 21.3. The van der Waals surface area contributed by atoms with E-state index in [0.717, 1.165) is 68.3 Å². The first-order chi connectivity index (χ1) is 29.2.